The lowest BCUT2D eigenvalue weighted by atomic mass is 9.79. The predicted octanol–water partition coefficient (Wildman–Crippen LogP) is 7.65. The molecule has 0 aliphatic heterocycles. The number of hydrogen-bond donors (Lipinski definition) is 1. The van der Waals surface area contributed by atoms with Crippen LogP contribution in [0.15, 0.2) is 53.6 Å². The maximum absolute atomic E-state index is 13.3. The number of amides is 1. The van der Waals surface area contributed by atoms with Crippen LogP contribution in [0, 0.1) is 18.7 Å². The van der Waals surface area contributed by atoms with Crippen LogP contribution in [0.3, 0.4) is 0 Å². The van der Waals surface area contributed by atoms with Gasteiger partial charge in [-0.05, 0) is 86.9 Å². The molecular formula is C26H34FNO. The van der Waals surface area contributed by atoms with Crippen molar-refractivity contribution in [2.24, 2.45) is 5.92 Å². The SMILES string of the molecule is CCC(C)=C(C)CC(CC)C(C)c1ccc(C(=O)Nc2cccc(F)c2)cc1C. The smallest absolute Gasteiger partial charge is 0.255 e. The van der Waals surface area contributed by atoms with Gasteiger partial charge in [-0.25, -0.2) is 4.39 Å². The van der Waals surface area contributed by atoms with Crippen molar-refractivity contribution in [2.45, 2.75) is 66.7 Å². The van der Waals surface area contributed by atoms with Crippen molar-refractivity contribution >= 4 is 11.6 Å². The van der Waals surface area contributed by atoms with E-state index in [1.807, 2.05) is 12.1 Å². The first-order valence-corrected chi connectivity index (χ1v) is 10.6. The Kier molecular flexibility index (Phi) is 8.19. The molecule has 0 aliphatic rings. The molecule has 0 saturated heterocycles. The standard InChI is InChI=1S/C26H34FNO/c1-7-17(3)18(4)14-21(8-2)20(6)25-13-12-22(15-19(25)5)26(29)28-24-11-9-10-23(27)16-24/h9-13,15-16,20-21H,7-8,14H2,1-6H3,(H,28,29). The molecule has 0 bridgehead atoms. The zero-order valence-electron chi connectivity index (χ0n) is 18.6. The van der Waals surface area contributed by atoms with Crippen molar-refractivity contribution in [1.82, 2.24) is 0 Å². The summed E-state index contributed by atoms with van der Waals surface area (Å²) in [6.07, 6.45) is 3.33. The van der Waals surface area contributed by atoms with Crippen LogP contribution in [0.2, 0.25) is 0 Å². The Labute approximate surface area is 175 Å². The van der Waals surface area contributed by atoms with E-state index in [-0.39, 0.29) is 11.7 Å². The van der Waals surface area contributed by atoms with Gasteiger partial charge in [0.1, 0.15) is 5.82 Å². The van der Waals surface area contributed by atoms with Crippen LogP contribution in [0.5, 0.6) is 0 Å². The fourth-order valence-corrected chi connectivity index (χ4v) is 3.90. The Morgan fingerprint density at radius 2 is 1.79 bits per heavy atom. The Hall–Kier alpha value is -2.42. The minimum Gasteiger partial charge on any atom is -0.322 e. The predicted molar refractivity (Wildman–Crippen MR) is 121 cm³/mol. The van der Waals surface area contributed by atoms with Gasteiger partial charge in [0.15, 0.2) is 0 Å². The first-order valence-electron chi connectivity index (χ1n) is 10.6. The fraction of sp³-hybridized carbons (Fsp3) is 0.423. The topological polar surface area (TPSA) is 29.1 Å². The fourth-order valence-electron chi connectivity index (χ4n) is 3.90. The van der Waals surface area contributed by atoms with E-state index in [9.17, 15) is 9.18 Å². The molecule has 3 heteroatoms. The van der Waals surface area contributed by atoms with Crippen LogP contribution in [-0.4, -0.2) is 5.91 Å². The number of hydrogen-bond acceptors (Lipinski definition) is 1. The maximum Gasteiger partial charge on any atom is 0.255 e. The van der Waals surface area contributed by atoms with Gasteiger partial charge in [-0.2, -0.15) is 0 Å². The van der Waals surface area contributed by atoms with Crippen molar-refractivity contribution in [2.75, 3.05) is 5.32 Å². The third kappa shape index (κ3) is 6.03. The van der Waals surface area contributed by atoms with Gasteiger partial charge in [0.05, 0.1) is 0 Å². The first kappa shape index (κ1) is 22.9. The van der Waals surface area contributed by atoms with E-state index < -0.39 is 0 Å². The lowest BCUT2D eigenvalue weighted by Crippen LogP contribution is -2.15. The minimum atomic E-state index is -0.364. The minimum absolute atomic E-state index is 0.220. The zero-order chi connectivity index (χ0) is 21.6. The summed E-state index contributed by atoms with van der Waals surface area (Å²) in [5.74, 6) is 0.404. The molecule has 156 valence electrons. The molecule has 2 rings (SSSR count). The molecule has 1 N–H and O–H groups in total. The number of carbonyl (C=O) groups is 1. The maximum atomic E-state index is 13.3. The second kappa shape index (κ2) is 10.4. The van der Waals surface area contributed by atoms with Gasteiger partial charge < -0.3 is 5.32 Å². The van der Waals surface area contributed by atoms with Crippen LogP contribution in [-0.2, 0) is 0 Å². The monoisotopic (exact) mass is 395 g/mol. The number of aryl methyl sites for hydroxylation is 1. The van der Waals surface area contributed by atoms with Gasteiger partial charge in [0.25, 0.3) is 5.91 Å². The van der Waals surface area contributed by atoms with Crippen LogP contribution < -0.4 is 5.32 Å². The molecule has 2 nitrogen and oxygen atoms in total. The molecule has 0 aliphatic carbocycles. The number of nitrogens with one attached hydrogen (secondary N) is 1. The number of anilines is 1. The van der Waals surface area contributed by atoms with Gasteiger partial charge in [-0.1, -0.05) is 50.5 Å². The van der Waals surface area contributed by atoms with Crippen LogP contribution in [0.4, 0.5) is 10.1 Å². The molecule has 0 aromatic heterocycles. The summed E-state index contributed by atoms with van der Waals surface area (Å²) in [7, 11) is 0. The largest absolute Gasteiger partial charge is 0.322 e. The molecule has 2 unspecified atom stereocenters. The third-order valence-corrected chi connectivity index (χ3v) is 6.16. The molecule has 29 heavy (non-hydrogen) atoms. The summed E-state index contributed by atoms with van der Waals surface area (Å²) >= 11 is 0. The Morgan fingerprint density at radius 3 is 2.38 bits per heavy atom. The van der Waals surface area contributed by atoms with E-state index in [0.717, 1.165) is 24.8 Å². The van der Waals surface area contributed by atoms with Gasteiger partial charge in [0, 0.05) is 11.3 Å². The quantitative estimate of drug-likeness (QED) is 0.457. The normalized spacial score (nSPS) is 14.2. The number of rotatable bonds is 8. The number of carbonyl (C=O) groups excluding carboxylic acids is 1. The Bertz CT molecular complexity index is 884. The van der Waals surface area contributed by atoms with Crippen molar-refractivity contribution in [3.8, 4) is 0 Å². The van der Waals surface area contributed by atoms with Crippen LogP contribution >= 0.6 is 0 Å². The lowest BCUT2D eigenvalue weighted by Gasteiger charge is -2.26. The van der Waals surface area contributed by atoms with E-state index in [4.69, 9.17) is 0 Å². The Morgan fingerprint density at radius 1 is 1.07 bits per heavy atom. The molecule has 0 saturated carbocycles. The first-order chi connectivity index (χ1) is 13.8. The molecule has 2 aromatic rings. The van der Waals surface area contributed by atoms with Crippen LogP contribution in [0.1, 0.15) is 81.3 Å². The molecule has 2 atom stereocenters. The average molecular weight is 396 g/mol. The number of benzene rings is 2. The third-order valence-electron chi connectivity index (χ3n) is 6.16. The van der Waals surface area contributed by atoms with E-state index in [0.29, 0.717) is 23.1 Å². The summed E-state index contributed by atoms with van der Waals surface area (Å²) in [5, 5.41) is 2.77. The van der Waals surface area contributed by atoms with Gasteiger partial charge in [0.2, 0.25) is 0 Å². The number of allylic oxidation sites excluding steroid dienone is 2. The summed E-state index contributed by atoms with van der Waals surface area (Å²) in [6, 6.07) is 11.8. The van der Waals surface area contributed by atoms with E-state index in [1.54, 1.807) is 12.1 Å². The van der Waals surface area contributed by atoms with E-state index in [2.05, 4.69) is 52.9 Å². The summed E-state index contributed by atoms with van der Waals surface area (Å²) < 4.78 is 13.3. The summed E-state index contributed by atoms with van der Waals surface area (Å²) in [5.41, 5.74) is 6.45. The lowest BCUT2D eigenvalue weighted by molar-refractivity contribution is 0.102. The molecule has 0 fully saturated rings. The van der Waals surface area contributed by atoms with E-state index in [1.165, 1.54) is 28.8 Å². The highest BCUT2D eigenvalue weighted by Crippen LogP contribution is 2.34. The average Bonchev–Trinajstić information content (AvgIpc) is 2.70. The van der Waals surface area contributed by atoms with Crippen molar-refractivity contribution in [1.29, 1.82) is 0 Å². The molecule has 0 heterocycles. The summed E-state index contributed by atoms with van der Waals surface area (Å²) in [6.45, 7) is 13.3. The van der Waals surface area contributed by atoms with Crippen molar-refractivity contribution in [3.63, 3.8) is 0 Å². The number of halogens is 1. The highest BCUT2D eigenvalue weighted by atomic mass is 19.1. The highest BCUT2D eigenvalue weighted by Gasteiger charge is 2.20. The van der Waals surface area contributed by atoms with Crippen molar-refractivity contribution in [3.05, 3.63) is 76.1 Å². The van der Waals surface area contributed by atoms with E-state index >= 15 is 0 Å². The van der Waals surface area contributed by atoms with Gasteiger partial charge in [-0.3, -0.25) is 4.79 Å². The van der Waals surface area contributed by atoms with Crippen LogP contribution in [0.25, 0.3) is 0 Å². The van der Waals surface area contributed by atoms with Gasteiger partial charge >= 0.3 is 0 Å². The van der Waals surface area contributed by atoms with Crippen molar-refractivity contribution < 1.29 is 9.18 Å². The molecule has 0 spiro atoms. The van der Waals surface area contributed by atoms with Gasteiger partial charge in [-0.15, -0.1) is 0 Å². The summed E-state index contributed by atoms with van der Waals surface area (Å²) in [4.78, 5) is 12.6. The molecule has 0 radical (unpaired) electrons. The molecule has 2 aromatic carbocycles. The Balaban J connectivity index is 2.17. The highest BCUT2D eigenvalue weighted by molar-refractivity contribution is 6.04. The molecule has 1 amide bonds. The second-order valence-corrected chi connectivity index (χ2v) is 8.11. The molecular weight excluding hydrogens is 361 g/mol. The zero-order valence-corrected chi connectivity index (χ0v) is 18.6. The second-order valence-electron chi connectivity index (χ2n) is 8.11.